The van der Waals surface area contributed by atoms with E-state index in [4.69, 9.17) is 17.0 Å². The van der Waals surface area contributed by atoms with Gasteiger partial charge in [0.1, 0.15) is 11.5 Å². The Bertz CT molecular complexity index is 897. The van der Waals surface area contributed by atoms with Gasteiger partial charge in [0.2, 0.25) is 4.77 Å². The van der Waals surface area contributed by atoms with Gasteiger partial charge in [0.05, 0.1) is 13.3 Å². The Balaban J connectivity index is 1.98. The van der Waals surface area contributed by atoms with Gasteiger partial charge >= 0.3 is 0 Å². The van der Waals surface area contributed by atoms with E-state index in [0.717, 1.165) is 16.9 Å². The van der Waals surface area contributed by atoms with Gasteiger partial charge in [-0.2, -0.15) is 14.9 Å². The van der Waals surface area contributed by atoms with Crippen LogP contribution in [0.4, 0.5) is 0 Å². The molecule has 6 nitrogen and oxygen atoms in total. The lowest BCUT2D eigenvalue weighted by atomic mass is 10.2. The summed E-state index contributed by atoms with van der Waals surface area (Å²) in [6.07, 6.45) is 1.65. The summed E-state index contributed by atoms with van der Waals surface area (Å²) in [6, 6.07) is 14.2. The van der Waals surface area contributed by atoms with Gasteiger partial charge in [-0.15, -0.1) is 0 Å². The highest BCUT2D eigenvalue weighted by molar-refractivity contribution is 7.71. The molecule has 0 aliphatic rings. The fourth-order valence-corrected chi connectivity index (χ4v) is 2.21. The number of rotatable bonds is 4. The number of ether oxygens (including phenoxy) is 1. The maximum atomic E-state index is 9.30. The molecule has 3 aromatic rings. The minimum Gasteiger partial charge on any atom is -0.508 e. The van der Waals surface area contributed by atoms with Gasteiger partial charge in [-0.3, -0.25) is 0 Å². The molecule has 0 spiro atoms. The average molecular weight is 326 g/mol. The molecular weight excluding hydrogens is 312 g/mol. The smallest absolute Gasteiger partial charge is 0.216 e. The summed E-state index contributed by atoms with van der Waals surface area (Å²) in [5.74, 6) is 1.52. The van der Waals surface area contributed by atoms with Crippen LogP contribution in [0.3, 0.4) is 0 Å². The number of phenols is 1. The minimum absolute atomic E-state index is 0.208. The summed E-state index contributed by atoms with van der Waals surface area (Å²) in [6.45, 7) is 0. The van der Waals surface area contributed by atoms with Crippen molar-refractivity contribution in [3.8, 4) is 22.9 Å². The number of benzene rings is 2. The SMILES string of the molecule is COc1cccc(-c2n[nH]c(=S)n2N=Cc2ccc(O)cc2)c1. The van der Waals surface area contributed by atoms with Gasteiger partial charge < -0.3 is 9.84 Å². The fourth-order valence-electron chi connectivity index (χ4n) is 2.03. The molecule has 2 N–H and O–H groups in total. The lowest BCUT2D eigenvalue weighted by molar-refractivity contribution is 0.415. The van der Waals surface area contributed by atoms with E-state index in [2.05, 4.69) is 15.3 Å². The average Bonchev–Trinajstić information content (AvgIpc) is 2.95. The van der Waals surface area contributed by atoms with Crippen LogP contribution in [0.2, 0.25) is 0 Å². The molecule has 0 aliphatic carbocycles. The molecule has 0 saturated carbocycles. The van der Waals surface area contributed by atoms with E-state index < -0.39 is 0 Å². The van der Waals surface area contributed by atoms with Gasteiger partial charge in [-0.1, -0.05) is 12.1 Å². The zero-order chi connectivity index (χ0) is 16.2. The predicted molar refractivity (Wildman–Crippen MR) is 90.5 cm³/mol. The van der Waals surface area contributed by atoms with Crippen molar-refractivity contribution < 1.29 is 9.84 Å². The largest absolute Gasteiger partial charge is 0.508 e. The molecule has 0 atom stereocenters. The van der Waals surface area contributed by atoms with E-state index in [1.54, 1.807) is 37.6 Å². The van der Waals surface area contributed by atoms with E-state index in [-0.39, 0.29) is 5.75 Å². The normalized spacial score (nSPS) is 11.0. The van der Waals surface area contributed by atoms with Crippen molar-refractivity contribution in [2.24, 2.45) is 5.10 Å². The third kappa shape index (κ3) is 3.29. The number of nitrogens with zero attached hydrogens (tertiary/aromatic N) is 3. The third-order valence-corrected chi connectivity index (χ3v) is 3.46. The van der Waals surface area contributed by atoms with Crippen molar-refractivity contribution in [3.05, 3.63) is 58.9 Å². The molecule has 1 heterocycles. The maximum absolute atomic E-state index is 9.30. The van der Waals surface area contributed by atoms with Crippen LogP contribution in [0.15, 0.2) is 53.6 Å². The van der Waals surface area contributed by atoms with Crippen molar-refractivity contribution in [1.82, 2.24) is 14.9 Å². The summed E-state index contributed by atoms with van der Waals surface area (Å²) in [5, 5.41) is 20.6. The number of phenolic OH excluding ortho intramolecular Hbond substituents is 1. The van der Waals surface area contributed by atoms with Crippen molar-refractivity contribution in [1.29, 1.82) is 0 Å². The molecule has 0 unspecified atom stereocenters. The van der Waals surface area contributed by atoms with Gasteiger partial charge in [-0.25, -0.2) is 5.10 Å². The van der Waals surface area contributed by atoms with E-state index in [1.165, 1.54) is 4.68 Å². The van der Waals surface area contributed by atoms with Crippen molar-refractivity contribution in [2.75, 3.05) is 7.11 Å². The lowest BCUT2D eigenvalue weighted by Gasteiger charge is -2.03. The number of hydrogen-bond donors (Lipinski definition) is 2. The third-order valence-electron chi connectivity index (χ3n) is 3.19. The highest BCUT2D eigenvalue weighted by Crippen LogP contribution is 2.22. The number of aromatic hydroxyl groups is 1. The second-order valence-corrected chi connectivity index (χ2v) is 5.12. The van der Waals surface area contributed by atoms with Gasteiger partial charge in [0.15, 0.2) is 5.82 Å². The quantitative estimate of drug-likeness (QED) is 0.570. The summed E-state index contributed by atoms with van der Waals surface area (Å²) >= 11 is 5.23. The monoisotopic (exact) mass is 326 g/mol. The van der Waals surface area contributed by atoms with E-state index >= 15 is 0 Å². The fraction of sp³-hybridized carbons (Fsp3) is 0.0625. The zero-order valence-electron chi connectivity index (χ0n) is 12.3. The number of nitrogens with one attached hydrogen (secondary N) is 1. The Labute approximate surface area is 137 Å². The van der Waals surface area contributed by atoms with Crippen LogP contribution in [0.5, 0.6) is 11.5 Å². The molecule has 23 heavy (non-hydrogen) atoms. The Kier molecular flexibility index (Phi) is 4.20. The molecule has 116 valence electrons. The number of aromatic amines is 1. The first kappa shape index (κ1) is 15.0. The number of H-pyrrole nitrogens is 1. The Morgan fingerprint density at radius 1 is 1.26 bits per heavy atom. The Morgan fingerprint density at radius 2 is 2.04 bits per heavy atom. The van der Waals surface area contributed by atoms with Crippen molar-refractivity contribution in [2.45, 2.75) is 0 Å². The minimum atomic E-state index is 0.208. The first-order valence-electron chi connectivity index (χ1n) is 6.82. The van der Waals surface area contributed by atoms with Crippen molar-refractivity contribution >= 4 is 18.4 Å². The van der Waals surface area contributed by atoms with Crippen LogP contribution in [-0.4, -0.2) is 33.3 Å². The van der Waals surface area contributed by atoms with Gasteiger partial charge in [0.25, 0.3) is 0 Å². The molecule has 3 rings (SSSR count). The van der Waals surface area contributed by atoms with Crippen LogP contribution in [0.1, 0.15) is 5.56 Å². The molecule has 2 aromatic carbocycles. The topological polar surface area (TPSA) is 75.4 Å². The van der Waals surface area contributed by atoms with Crippen LogP contribution >= 0.6 is 12.2 Å². The van der Waals surface area contributed by atoms with Crippen molar-refractivity contribution in [3.63, 3.8) is 0 Å². The molecule has 7 heteroatoms. The first-order chi connectivity index (χ1) is 11.2. The molecule has 0 radical (unpaired) electrons. The summed E-state index contributed by atoms with van der Waals surface area (Å²) in [5.41, 5.74) is 1.67. The highest BCUT2D eigenvalue weighted by atomic mass is 32.1. The predicted octanol–water partition coefficient (Wildman–Crippen LogP) is 3.20. The van der Waals surface area contributed by atoms with E-state index in [9.17, 15) is 5.11 Å². The summed E-state index contributed by atoms with van der Waals surface area (Å²) in [7, 11) is 1.61. The van der Waals surface area contributed by atoms with Crippen LogP contribution in [0, 0.1) is 4.77 Å². The second kappa shape index (κ2) is 6.45. The second-order valence-electron chi connectivity index (χ2n) is 4.73. The zero-order valence-corrected chi connectivity index (χ0v) is 13.1. The Morgan fingerprint density at radius 3 is 2.78 bits per heavy atom. The number of aromatic nitrogens is 3. The maximum Gasteiger partial charge on any atom is 0.216 e. The Hall–Kier alpha value is -2.93. The van der Waals surface area contributed by atoms with Crippen LogP contribution in [0.25, 0.3) is 11.4 Å². The molecule has 0 bridgehead atoms. The summed E-state index contributed by atoms with van der Waals surface area (Å²) in [4.78, 5) is 0. The molecule has 1 aromatic heterocycles. The van der Waals surface area contributed by atoms with Gasteiger partial charge in [0, 0.05) is 5.56 Å². The van der Waals surface area contributed by atoms with Crippen LogP contribution in [-0.2, 0) is 0 Å². The highest BCUT2D eigenvalue weighted by Gasteiger charge is 2.08. The van der Waals surface area contributed by atoms with Gasteiger partial charge in [-0.05, 0) is 54.2 Å². The van der Waals surface area contributed by atoms with Crippen LogP contribution < -0.4 is 4.74 Å². The first-order valence-corrected chi connectivity index (χ1v) is 7.23. The standard InChI is InChI=1S/C16H14N4O2S/c1-22-14-4-2-3-12(9-14)15-18-19-16(23)20(15)17-10-11-5-7-13(21)8-6-11/h2-10,21H,1H3,(H,19,23). The lowest BCUT2D eigenvalue weighted by Crippen LogP contribution is -1.95. The molecule has 0 amide bonds. The molecule has 0 fully saturated rings. The van der Waals surface area contributed by atoms with E-state index in [0.29, 0.717) is 10.6 Å². The van der Waals surface area contributed by atoms with E-state index in [1.807, 2.05) is 24.3 Å². The number of hydrogen-bond acceptors (Lipinski definition) is 5. The molecule has 0 aliphatic heterocycles. The summed E-state index contributed by atoms with van der Waals surface area (Å²) < 4.78 is 7.15. The number of methoxy groups -OCH3 is 1. The molecule has 0 saturated heterocycles. The molecular formula is C16H14N4O2S.